The van der Waals surface area contributed by atoms with Gasteiger partial charge in [-0.3, -0.25) is 9.59 Å². The maximum absolute atomic E-state index is 12.5. The average molecular weight is 415 g/mol. The molecule has 144 valence electrons. The largest absolute Gasteiger partial charge is 0.380 e. The zero-order valence-electron chi connectivity index (χ0n) is 15.2. The highest BCUT2D eigenvalue weighted by atomic mass is 35.5. The molecule has 0 aliphatic carbocycles. The van der Waals surface area contributed by atoms with E-state index in [1.54, 1.807) is 37.4 Å². The average Bonchev–Trinajstić information content (AvgIpc) is 3.24. The minimum absolute atomic E-state index is 0.246. The Morgan fingerprint density at radius 1 is 1.04 bits per heavy atom. The summed E-state index contributed by atoms with van der Waals surface area (Å²) >= 11 is 7.50. The van der Waals surface area contributed by atoms with Gasteiger partial charge in [0.25, 0.3) is 11.8 Å². The van der Waals surface area contributed by atoms with Crippen LogP contribution in [0.2, 0.25) is 5.02 Å². The van der Waals surface area contributed by atoms with Crippen LogP contribution in [0.25, 0.3) is 0 Å². The summed E-state index contributed by atoms with van der Waals surface area (Å²) in [4.78, 5) is 25.3. The maximum Gasteiger partial charge on any atom is 0.265 e. The molecule has 2 N–H and O–H groups in total. The molecule has 1 heterocycles. The Bertz CT molecular complexity index is 956. The Labute approximate surface area is 172 Å². The molecule has 0 saturated carbocycles. The van der Waals surface area contributed by atoms with Crippen LogP contribution in [0.5, 0.6) is 0 Å². The molecule has 0 aliphatic rings. The number of ether oxygens (including phenoxy) is 1. The first kappa shape index (κ1) is 20.1. The Morgan fingerprint density at radius 3 is 2.46 bits per heavy atom. The third kappa shape index (κ3) is 5.19. The van der Waals surface area contributed by atoms with Crippen molar-refractivity contribution in [3.8, 4) is 0 Å². The number of hydrogen-bond donors (Lipinski definition) is 2. The second-order valence-corrected chi connectivity index (χ2v) is 7.41. The molecule has 5 nitrogen and oxygen atoms in total. The van der Waals surface area contributed by atoms with Gasteiger partial charge in [-0.1, -0.05) is 41.9 Å². The topological polar surface area (TPSA) is 67.4 Å². The molecule has 28 heavy (non-hydrogen) atoms. The first-order chi connectivity index (χ1) is 13.6. The smallest absolute Gasteiger partial charge is 0.265 e. The van der Waals surface area contributed by atoms with E-state index in [1.165, 1.54) is 11.3 Å². The van der Waals surface area contributed by atoms with Crippen molar-refractivity contribution in [2.75, 3.05) is 12.4 Å². The minimum atomic E-state index is -0.259. The minimum Gasteiger partial charge on any atom is -0.380 e. The monoisotopic (exact) mass is 414 g/mol. The van der Waals surface area contributed by atoms with E-state index in [-0.39, 0.29) is 11.8 Å². The predicted octanol–water partition coefficient (Wildman–Crippen LogP) is 4.73. The van der Waals surface area contributed by atoms with Crippen LogP contribution in [0.3, 0.4) is 0 Å². The molecular weight excluding hydrogens is 396 g/mol. The van der Waals surface area contributed by atoms with Crippen molar-refractivity contribution >= 4 is 40.4 Å². The molecule has 0 aliphatic heterocycles. The standard InChI is InChI=1S/C21H19ClN2O3S/c1-27-13-15-6-4-14(5-7-15)12-23-20(25)16-8-9-17(22)18(11-16)24-21(26)19-3-2-10-28-19/h2-11H,12-13H2,1H3,(H,23,25)(H,24,26). The molecular formula is C21H19ClN2O3S. The van der Waals surface area contributed by atoms with Gasteiger partial charge < -0.3 is 15.4 Å². The van der Waals surface area contributed by atoms with E-state index in [0.29, 0.717) is 34.3 Å². The number of amides is 2. The molecule has 0 radical (unpaired) electrons. The fourth-order valence-corrected chi connectivity index (χ4v) is 3.34. The summed E-state index contributed by atoms with van der Waals surface area (Å²) in [5.74, 6) is -0.505. The first-order valence-corrected chi connectivity index (χ1v) is 9.82. The predicted molar refractivity (Wildman–Crippen MR) is 112 cm³/mol. The molecule has 0 unspecified atom stereocenters. The number of rotatable bonds is 7. The highest BCUT2D eigenvalue weighted by Crippen LogP contribution is 2.24. The van der Waals surface area contributed by atoms with Gasteiger partial charge in [-0.25, -0.2) is 0 Å². The molecule has 0 saturated heterocycles. The van der Waals surface area contributed by atoms with Crippen LogP contribution < -0.4 is 10.6 Å². The SMILES string of the molecule is COCc1ccc(CNC(=O)c2ccc(Cl)c(NC(=O)c3cccs3)c2)cc1. The van der Waals surface area contributed by atoms with Crippen molar-refractivity contribution in [3.63, 3.8) is 0 Å². The van der Waals surface area contributed by atoms with E-state index in [9.17, 15) is 9.59 Å². The van der Waals surface area contributed by atoms with E-state index in [0.717, 1.165) is 11.1 Å². The second kappa shape index (κ2) is 9.50. The van der Waals surface area contributed by atoms with Crippen LogP contribution in [0.4, 0.5) is 5.69 Å². The fraction of sp³-hybridized carbons (Fsp3) is 0.143. The molecule has 2 aromatic carbocycles. The van der Waals surface area contributed by atoms with Gasteiger partial charge in [-0.2, -0.15) is 0 Å². The Balaban J connectivity index is 1.64. The zero-order chi connectivity index (χ0) is 19.9. The summed E-state index contributed by atoms with van der Waals surface area (Å²) in [6, 6.07) is 16.1. The lowest BCUT2D eigenvalue weighted by Gasteiger charge is -2.10. The van der Waals surface area contributed by atoms with Crippen molar-refractivity contribution in [1.29, 1.82) is 0 Å². The molecule has 0 spiro atoms. The van der Waals surface area contributed by atoms with Crippen LogP contribution in [-0.4, -0.2) is 18.9 Å². The van der Waals surface area contributed by atoms with Crippen LogP contribution >= 0.6 is 22.9 Å². The summed E-state index contributed by atoms with van der Waals surface area (Å²) in [6.45, 7) is 0.947. The van der Waals surface area contributed by atoms with Crippen molar-refractivity contribution in [2.45, 2.75) is 13.2 Å². The number of halogens is 1. The number of hydrogen-bond acceptors (Lipinski definition) is 4. The molecule has 0 atom stereocenters. The highest BCUT2D eigenvalue weighted by Gasteiger charge is 2.13. The molecule has 0 fully saturated rings. The third-order valence-corrected chi connectivity index (χ3v) is 5.21. The van der Waals surface area contributed by atoms with E-state index in [1.807, 2.05) is 29.6 Å². The summed E-state index contributed by atoms with van der Waals surface area (Å²) in [7, 11) is 1.65. The Morgan fingerprint density at radius 2 is 1.79 bits per heavy atom. The van der Waals surface area contributed by atoms with Gasteiger partial charge in [-0.05, 0) is 40.8 Å². The third-order valence-electron chi connectivity index (χ3n) is 4.01. The number of anilines is 1. The van der Waals surface area contributed by atoms with Gasteiger partial charge in [0.15, 0.2) is 0 Å². The van der Waals surface area contributed by atoms with Crippen molar-refractivity contribution in [2.24, 2.45) is 0 Å². The Hall–Kier alpha value is -2.67. The van der Waals surface area contributed by atoms with Gasteiger partial charge >= 0.3 is 0 Å². The summed E-state index contributed by atoms with van der Waals surface area (Å²) in [5, 5.41) is 7.81. The van der Waals surface area contributed by atoms with Crippen LogP contribution in [0, 0.1) is 0 Å². The lowest BCUT2D eigenvalue weighted by atomic mass is 10.1. The van der Waals surface area contributed by atoms with Crippen molar-refractivity contribution in [1.82, 2.24) is 5.32 Å². The number of carbonyl (C=O) groups is 2. The molecule has 7 heteroatoms. The fourth-order valence-electron chi connectivity index (χ4n) is 2.56. The molecule has 3 rings (SSSR count). The van der Waals surface area contributed by atoms with Crippen molar-refractivity contribution < 1.29 is 14.3 Å². The summed E-state index contributed by atoms with van der Waals surface area (Å²) in [6.07, 6.45) is 0. The number of thiophene rings is 1. The first-order valence-electron chi connectivity index (χ1n) is 8.56. The zero-order valence-corrected chi connectivity index (χ0v) is 16.8. The van der Waals surface area contributed by atoms with Crippen molar-refractivity contribution in [3.05, 3.63) is 86.6 Å². The normalized spacial score (nSPS) is 10.5. The van der Waals surface area contributed by atoms with Crippen LogP contribution in [-0.2, 0) is 17.9 Å². The van der Waals surface area contributed by atoms with Gasteiger partial charge in [0, 0.05) is 19.2 Å². The van der Waals surface area contributed by atoms with E-state index < -0.39 is 0 Å². The van der Waals surface area contributed by atoms with E-state index >= 15 is 0 Å². The Kier molecular flexibility index (Phi) is 6.81. The molecule has 1 aromatic heterocycles. The van der Waals surface area contributed by atoms with Crippen LogP contribution in [0.15, 0.2) is 60.0 Å². The molecule has 0 bridgehead atoms. The molecule has 2 amide bonds. The van der Waals surface area contributed by atoms with E-state index in [2.05, 4.69) is 10.6 Å². The lowest BCUT2D eigenvalue weighted by Crippen LogP contribution is -2.23. The number of carbonyl (C=O) groups excluding carboxylic acids is 2. The highest BCUT2D eigenvalue weighted by molar-refractivity contribution is 7.12. The van der Waals surface area contributed by atoms with E-state index in [4.69, 9.17) is 16.3 Å². The van der Waals surface area contributed by atoms with Gasteiger partial charge in [0.1, 0.15) is 0 Å². The second-order valence-electron chi connectivity index (χ2n) is 6.06. The quantitative estimate of drug-likeness (QED) is 0.587. The van der Waals surface area contributed by atoms with Gasteiger partial charge in [0.05, 0.1) is 22.2 Å². The van der Waals surface area contributed by atoms with Gasteiger partial charge in [-0.15, -0.1) is 11.3 Å². The summed E-state index contributed by atoms with van der Waals surface area (Å²) < 4.78 is 5.09. The number of methoxy groups -OCH3 is 1. The molecule has 3 aromatic rings. The lowest BCUT2D eigenvalue weighted by molar-refractivity contribution is 0.0949. The number of benzene rings is 2. The summed E-state index contributed by atoms with van der Waals surface area (Å²) in [5.41, 5.74) is 2.87. The number of nitrogens with one attached hydrogen (secondary N) is 2. The maximum atomic E-state index is 12.5. The van der Waals surface area contributed by atoms with Crippen LogP contribution in [0.1, 0.15) is 31.2 Å². The van der Waals surface area contributed by atoms with Gasteiger partial charge in [0.2, 0.25) is 0 Å².